The first-order chi connectivity index (χ1) is 13.8. The summed E-state index contributed by atoms with van der Waals surface area (Å²) in [6.07, 6.45) is 0. The van der Waals surface area contributed by atoms with Gasteiger partial charge in [0.1, 0.15) is 0 Å². The lowest BCUT2D eigenvalue weighted by atomic mass is 10.1. The van der Waals surface area contributed by atoms with Gasteiger partial charge in [0.15, 0.2) is 5.13 Å². The maximum atomic E-state index is 12.9. The highest BCUT2D eigenvalue weighted by Gasteiger charge is 2.29. The molecule has 1 saturated heterocycles. The number of halogens is 1. The van der Waals surface area contributed by atoms with Crippen LogP contribution in [0.15, 0.2) is 52.7 Å². The molecule has 0 aliphatic carbocycles. The summed E-state index contributed by atoms with van der Waals surface area (Å²) >= 11 is 7.57. The van der Waals surface area contributed by atoms with Gasteiger partial charge in [0, 0.05) is 42.1 Å². The average molecular weight is 448 g/mol. The molecule has 2 heterocycles. The zero-order chi connectivity index (χ0) is 20.6. The van der Waals surface area contributed by atoms with Crippen LogP contribution in [0.2, 0.25) is 5.02 Å². The van der Waals surface area contributed by atoms with E-state index in [1.807, 2.05) is 0 Å². The Morgan fingerprint density at radius 3 is 2.34 bits per heavy atom. The van der Waals surface area contributed by atoms with Crippen molar-refractivity contribution in [3.05, 3.63) is 64.0 Å². The monoisotopic (exact) mass is 447 g/mol. The number of hydrogen-bond acceptors (Lipinski definition) is 5. The average Bonchev–Trinajstić information content (AvgIpc) is 3.18. The van der Waals surface area contributed by atoms with Gasteiger partial charge in [-0.25, -0.2) is 13.4 Å². The van der Waals surface area contributed by atoms with Crippen molar-refractivity contribution in [1.82, 2.24) is 9.29 Å². The number of anilines is 1. The molecule has 0 unspecified atom stereocenters. The van der Waals surface area contributed by atoms with Crippen molar-refractivity contribution in [2.75, 3.05) is 31.1 Å². The fraction of sp³-hybridized carbons (Fsp3) is 0.286. The molecule has 2 aromatic carbocycles. The summed E-state index contributed by atoms with van der Waals surface area (Å²) in [4.78, 5) is 7.20. The van der Waals surface area contributed by atoms with Crippen LogP contribution < -0.4 is 4.90 Å². The molecule has 152 valence electrons. The van der Waals surface area contributed by atoms with Gasteiger partial charge in [-0.2, -0.15) is 4.31 Å². The number of hydrogen-bond donors (Lipinski definition) is 0. The summed E-state index contributed by atoms with van der Waals surface area (Å²) in [5, 5.41) is 3.42. The van der Waals surface area contributed by atoms with Crippen LogP contribution in [-0.2, 0) is 10.0 Å². The van der Waals surface area contributed by atoms with Crippen LogP contribution in [0.4, 0.5) is 5.13 Å². The Kier molecular flexibility index (Phi) is 5.66. The van der Waals surface area contributed by atoms with Gasteiger partial charge in [-0.3, -0.25) is 0 Å². The van der Waals surface area contributed by atoms with Crippen molar-refractivity contribution in [3.63, 3.8) is 0 Å². The number of sulfonamides is 1. The van der Waals surface area contributed by atoms with Crippen molar-refractivity contribution in [1.29, 1.82) is 0 Å². The van der Waals surface area contributed by atoms with Crippen LogP contribution in [0.25, 0.3) is 11.3 Å². The zero-order valence-corrected chi connectivity index (χ0v) is 18.7. The number of rotatable bonds is 4. The van der Waals surface area contributed by atoms with E-state index in [0.717, 1.165) is 16.4 Å². The topological polar surface area (TPSA) is 53.5 Å². The molecular formula is C21H22ClN3O2S2. The molecule has 0 amide bonds. The normalized spacial score (nSPS) is 15.6. The molecule has 0 bridgehead atoms. The smallest absolute Gasteiger partial charge is 0.243 e. The fourth-order valence-corrected chi connectivity index (χ4v) is 6.17. The van der Waals surface area contributed by atoms with Crippen molar-refractivity contribution in [2.24, 2.45) is 0 Å². The highest BCUT2D eigenvalue weighted by molar-refractivity contribution is 7.89. The molecule has 1 fully saturated rings. The van der Waals surface area contributed by atoms with Gasteiger partial charge in [-0.1, -0.05) is 34.9 Å². The number of aromatic nitrogens is 1. The molecule has 0 N–H and O–H groups in total. The first kappa shape index (κ1) is 20.3. The second-order valence-electron chi connectivity index (χ2n) is 7.24. The Hall–Kier alpha value is -1.93. The van der Waals surface area contributed by atoms with Crippen molar-refractivity contribution >= 4 is 38.1 Å². The van der Waals surface area contributed by atoms with Crippen LogP contribution in [-0.4, -0.2) is 43.9 Å². The van der Waals surface area contributed by atoms with Crippen LogP contribution in [0.1, 0.15) is 11.1 Å². The zero-order valence-electron chi connectivity index (χ0n) is 16.3. The maximum absolute atomic E-state index is 12.9. The van der Waals surface area contributed by atoms with E-state index in [0.29, 0.717) is 31.2 Å². The van der Waals surface area contributed by atoms with Crippen molar-refractivity contribution in [2.45, 2.75) is 18.7 Å². The van der Waals surface area contributed by atoms with Crippen molar-refractivity contribution in [3.8, 4) is 11.3 Å². The summed E-state index contributed by atoms with van der Waals surface area (Å²) in [5.74, 6) is 0. The quantitative estimate of drug-likeness (QED) is 0.586. The summed E-state index contributed by atoms with van der Waals surface area (Å²) in [6, 6.07) is 12.9. The van der Waals surface area contributed by atoms with Gasteiger partial charge in [0.05, 0.1) is 10.6 Å². The highest BCUT2D eigenvalue weighted by atomic mass is 35.5. The van der Waals surface area contributed by atoms with Gasteiger partial charge in [-0.05, 0) is 44.2 Å². The van der Waals surface area contributed by atoms with E-state index in [1.165, 1.54) is 21.5 Å². The molecule has 1 aromatic heterocycles. The molecule has 0 spiro atoms. The molecule has 5 nitrogen and oxygen atoms in total. The molecular weight excluding hydrogens is 426 g/mol. The van der Waals surface area contributed by atoms with E-state index in [9.17, 15) is 8.42 Å². The number of thiazole rings is 1. The second kappa shape index (κ2) is 8.07. The molecule has 3 aromatic rings. The third-order valence-electron chi connectivity index (χ3n) is 4.95. The van der Waals surface area contributed by atoms with Gasteiger partial charge >= 0.3 is 0 Å². The third kappa shape index (κ3) is 4.33. The van der Waals surface area contributed by atoms with E-state index < -0.39 is 10.0 Å². The Labute approximate surface area is 180 Å². The van der Waals surface area contributed by atoms with E-state index in [-0.39, 0.29) is 4.90 Å². The number of aryl methyl sites for hydroxylation is 2. The first-order valence-electron chi connectivity index (χ1n) is 9.38. The summed E-state index contributed by atoms with van der Waals surface area (Å²) < 4.78 is 27.3. The minimum absolute atomic E-state index is 0.241. The SMILES string of the molecule is Cc1cc(C)cc(-c2csc(N3CCN(S(=O)(=O)c4cccc(Cl)c4)CC3)n2)c1. The van der Waals surface area contributed by atoms with E-state index in [1.54, 1.807) is 29.5 Å². The molecule has 1 aliphatic heterocycles. The Balaban J connectivity index is 1.47. The predicted octanol–water partition coefficient (Wildman–Crippen LogP) is 4.59. The summed E-state index contributed by atoms with van der Waals surface area (Å²) in [6.45, 7) is 6.24. The molecule has 4 rings (SSSR count). The third-order valence-corrected chi connectivity index (χ3v) is 7.98. The molecule has 29 heavy (non-hydrogen) atoms. The minimum atomic E-state index is -3.53. The van der Waals surface area contributed by atoms with Gasteiger partial charge in [0.2, 0.25) is 10.0 Å². The van der Waals surface area contributed by atoms with Crippen LogP contribution >= 0.6 is 22.9 Å². The van der Waals surface area contributed by atoms with Crippen LogP contribution in [0.5, 0.6) is 0 Å². The molecule has 1 aliphatic rings. The predicted molar refractivity (Wildman–Crippen MR) is 119 cm³/mol. The van der Waals surface area contributed by atoms with Crippen molar-refractivity contribution < 1.29 is 8.42 Å². The van der Waals surface area contributed by atoms with Crippen LogP contribution in [0, 0.1) is 13.8 Å². The number of piperazine rings is 1. The van der Waals surface area contributed by atoms with Gasteiger partial charge in [0.25, 0.3) is 0 Å². The molecule has 0 saturated carbocycles. The minimum Gasteiger partial charge on any atom is -0.345 e. The lowest BCUT2D eigenvalue weighted by molar-refractivity contribution is 0.385. The Morgan fingerprint density at radius 2 is 1.69 bits per heavy atom. The van der Waals surface area contributed by atoms with E-state index in [2.05, 4.69) is 42.3 Å². The Bertz CT molecular complexity index is 1120. The van der Waals surface area contributed by atoms with Gasteiger partial charge in [-0.15, -0.1) is 11.3 Å². The van der Waals surface area contributed by atoms with E-state index in [4.69, 9.17) is 16.6 Å². The Morgan fingerprint density at radius 1 is 1.00 bits per heavy atom. The first-order valence-corrected chi connectivity index (χ1v) is 12.1. The van der Waals surface area contributed by atoms with Gasteiger partial charge < -0.3 is 4.90 Å². The van der Waals surface area contributed by atoms with Crippen LogP contribution in [0.3, 0.4) is 0 Å². The summed E-state index contributed by atoms with van der Waals surface area (Å²) in [5.41, 5.74) is 4.52. The fourth-order valence-electron chi connectivity index (χ4n) is 3.56. The number of nitrogens with zero attached hydrogens (tertiary/aromatic N) is 3. The second-order valence-corrected chi connectivity index (χ2v) is 10.5. The lowest BCUT2D eigenvalue weighted by Gasteiger charge is -2.33. The lowest BCUT2D eigenvalue weighted by Crippen LogP contribution is -2.48. The largest absolute Gasteiger partial charge is 0.345 e. The molecule has 0 radical (unpaired) electrons. The summed E-state index contributed by atoms with van der Waals surface area (Å²) in [7, 11) is -3.53. The number of benzene rings is 2. The molecule has 8 heteroatoms. The standard InChI is InChI=1S/C21H22ClN3O2S2/c1-15-10-16(2)12-17(11-15)20-14-28-21(23-20)24-6-8-25(9-7-24)29(26,27)19-5-3-4-18(22)13-19/h3-5,10-14H,6-9H2,1-2H3. The molecule has 0 atom stereocenters. The maximum Gasteiger partial charge on any atom is 0.243 e. The highest BCUT2D eigenvalue weighted by Crippen LogP contribution is 2.30. The van der Waals surface area contributed by atoms with E-state index >= 15 is 0 Å².